The number of aliphatic carboxylic acids is 2. The van der Waals surface area contributed by atoms with Gasteiger partial charge in [0, 0.05) is 6.92 Å². The first kappa shape index (κ1) is 12.6. The van der Waals surface area contributed by atoms with Crippen LogP contribution in [0.2, 0.25) is 0 Å². The van der Waals surface area contributed by atoms with E-state index in [4.69, 9.17) is 15.0 Å². The van der Waals surface area contributed by atoms with E-state index < -0.39 is 11.9 Å². The van der Waals surface area contributed by atoms with Crippen molar-refractivity contribution in [2.45, 2.75) is 13.8 Å². The van der Waals surface area contributed by atoms with Gasteiger partial charge in [-0.3, -0.25) is 9.59 Å². The molecule has 0 atom stereocenters. The van der Waals surface area contributed by atoms with E-state index in [0.717, 1.165) is 6.92 Å². The second-order valence-electron chi connectivity index (χ2n) is 1.69. The molecule has 66 valence electrons. The van der Waals surface area contributed by atoms with Crippen LogP contribution in [0.5, 0.6) is 0 Å². The summed E-state index contributed by atoms with van der Waals surface area (Å²) in [6, 6.07) is 0. The van der Waals surface area contributed by atoms with E-state index in [1.807, 2.05) is 6.92 Å². The lowest BCUT2D eigenvalue weighted by molar-refractivity contribution is -0.136. The van der Waals surface area contributed by atoms with Crippen LogP contribution in [-0.2, 0) is 9.59 Å². The van der Waals surface area contributed by atoms with Gasteiger partial charge in [0.1, 0.15) is 0 Å². The minimum absolute atomic E-state index is 0.0660. The van der Waals surface area contributed by atoms with Gasteiger partial charge in [0.25, 0.3) is 5.97 Å². The molecule has 0 saturated carbocycles. The molecule has 5 nitrogen and oxygen atoms in total. The summed E-state index contributed by atoms with van der Waals surface area (Å²) in [5.74, 6) is -1.64. The van der Waals surface area contributed by atoms with Crippen molar-refractivity contribution in [3.8, 4) is 0 Å². The molecule has 0 aliphatic heterocycles. The third-order valence-corrected chi connectivity index (χ3v) is 0.526. The van der Waals surface area contributed by atoms with Crippen LogP contribution in [0.15, 0.2) is 0 Å². The second-order valence-corrected chi connectivity index (χ2v) is 1.69. The molecule has 0 aliphatic carbocycles. The molecule has 0 rings (SSSR count). The van der Waals surface area contributed by atoms with Crippen molar-refractivity contribution in [2.24, 2.45) is 0 Å². The molecule has 0 aromatic rings. The SMILES string of the molecule is CC(=O)O.CCNCC(=O)O. The summed E-state index contributed by atoms with van der Waals surface area (Å²) in [6.07, 6.45) is 0. The van der Waals surface area contributed by atoms with Gasteiger partial charge in [0.05, 0.1) is 6.54 Å². The zero-order valence-electron chi connectivity index (χ0n) is 6.63. The lowest BCUT2D eigenvalue weighted by Gasteiger charge is -1.90. The van der Waals surface area contributed by atoms with Crippen molar-refractivity contribution < 1.29 is 19.8 Å². The van der Waals surface area contributed by atoms with Crippen LogP contribution in [0, 0.1) is 0 Å². The normalized spacial score (nSPS) is 7.82. The Labute approximate surface area is 65.0 Å². The predicted octanol–water partition coefficient (Wildman–Crippen LogP) is -0.229. The van der Waals surface area contributed by atoms with Crippen LogP contribution in [0.25, 0.3) is 0 Å². The van der Waals surface area contributed by atoms with Crippen molar-refractivity contribution in [1.82, 2.24) is 5.32 Å². The standard InChI is InChI=1S/C4H9NO2.C2H4O2/c1-2-5-3-4(6)7;1-2(3)4/h5H,2-3H2,1H3,(H,6,7);1H3,(H,3,4). The van der Waals surface area contributed by atoms with Gasteiger partial charge in [-0.05, 0) is 6.54 Å². The van der Waals surface area contributed by atoms with Crippen LogP contribution in [-0.4, -0.2) is 35.2 Å². The Bertz CT molecular complexity index is 120. The highest BCUT2D eigenvalue weighted by Crippen LogP contribution is 1.56. The fraction of sp³-hybridized carbons (Fsp3) is 0.667. The summed E-state index contributed by atoms with van der Waals surface area (Å²) in [4.78, 5) is 18.7. The lowest BCUT2D eigenvalue weighted by atomic mass is 10.6. The maximum absolute atomic E-state index is 9.70. The summed E-state index contributed by atoms with van der Waals surface area (Å²) in [5, 5.41) is 18.0. The number of likely N-dealkylation sites (N-methyl/N-ethyl adjacent to an activating group) is 1. The van der Waals surface area contributed by atoms with Gasteiger partial charge in [-0.15, -0.1) is 0 Å². The Hall–Kier alpha value is -1.10. The minimum Gasteiger partial charge on any atom is -0.481 e. The molecule has 3 N–H and O–H groups in total. The van der Waals surface area contributed by atoms with Crippen molar-refractivity contribution >= 4 is 11.9 Å². The van der Waals surface area contributed by atoms with E-state index in [2.05, 4.69) is 5.32 Å². The highest BCUT2D eigenvalue weighted by molar-refractivity contribution is 5.68. The van der Waals surface area contributed by atoms with Gasteiger partial charge in [-0.2, -0.15) is 0 Å². The van der Waals surface area contributed by atoms with E-state index in [0.29, 0.717) is 6.54 Å². The number of rotatable bonds is 3. The zero-order valence-corrected chi connectivity index (χ0v) is 6.63. The van der Waals surface area contributed by atoms with Crippen LogP contribution < -0.4 is 5.32 Å². The molecule has 0 aromatic carbocycles. The first-order valence-electron chi connectivity index (χ1n) is 3.12. The maximum Gasteiger partial charge on any atom is 0.317 e. The largest absolute Gasteiger partial charge is 0.481 e. The van der Waals surface area contributed by atoms with E-state index in [1.165, 1.54) is 0 Å². The summed E-state index contributed by atoms with van der Waals surface area (Å²) in [5.41, 5.74) is 0. The van der Waals surface area contributed by atoms with E-state index in [-0.39, 0.29) is 6.54 Å². The summed E-state index contributed by atoms with van der Waals surface area (Å²) < 4.78 is 0. The topological polar surface area (TPSA) is 86.6 Å². The van der Waals surface area contributed by atoms with Crippen LogP contribution in [0.4, 0.5) is 0 Å². The van der Waals surface area contributed by atoms with Crippen LogP contribution in [0.1, 0.15) is 13.8 Å². The van der Waals surface area contributed by atoms with Crippen molar-refractivity contribution in [3.63, 3.8) is 0 Å². The molecular formula is C6H13NO4. The number of carboxylic acids is 2. The molecule has 0 aliphatic rings. The summed E-state index contributed by atoms with van der Waals surface area (Å²) >= 11 is 0. The highest BCUT2D eigenvalue weighted by Gasteiger charge is 1.88. The smallest absolute Gasteiger partial charge is 0.317 e. The monoisotopic (exact) mass is 163 g/mol. The van der Waals surface area contributed by atoms with Gasteiger partial charge in [0.15, 0.2) is 0 Å². The number of carbonyl (C=O) groups is 2. The number of nitrogens with one attached hydrogen (secondary N) is 1. The van der Waals surface area contributed by atoms with Gasteiger partial charge in [-0.25, -0.2) is 0 Å². The van der Waals surface area contributed by atoms with Crippen LogP contribution >= 0.6 is 0 Å². The van der Waals surface area contributed by atoms with Gasteiger partial charge < -0.3 is 15.5 Å². The van der Waals surface area contributed by atoms with Gasteiger partial charge in [-0.1, -0.05) is 6.92 Å². The Morgan fingerprint density at radius 2 is 1.73 bits per heavy atom. The molecule has 0 unspecified atom stereocenters. The van der Waals surface area contributed by atoms with Gasteiger partial charge in [0.2, 0.25) is 0 Å². The average molecular weight is 163 g/mol. The van der Waals surface area contributed by atoms with Gasteiger partial charge >= 0.3 is 5.97 Å². The fourth-order valence-corrected chi connectivity index (χ4v) is 0.232. The molecule has 5 heteroatoms. The first-order valence-corrected chi connectivity index (χ1v) is 3.12. The molecule has 0 amide bonds. The molecule has 0 spiro atoms. The maximum atomic E-state index is 9.70. The molecule has 0 bridgehead atoms. The molecule has 0 radical (unpaired) electrons. The molecule has 0 heterocycles. The Morgan fingerprint density at radius 3 is 1.82 bits per heavy atom. The average Bonchev–Trinajstić information content (AvgIpc) is 1.82. The van der Waals surface area contributed by atoms with E-state index in [9.17, 15) is 4.79 Å². The molecule has 0 saturated heterocycles. The Morgan fingerprint density at radius 1 is 1.36 bits per heavy atom. The minimum atomic E-state index is -0.833. The zero-order chi connectivity index (χ0) is 9.28. The first-order chi connectivity index (χ1) is 5.00. The quantitative estimate of drug-likeness (QED) is 0.535. The Balaban J connectivity index is 0. The summed E-state index contributed by atoms with van der Waals surface area (Å²) in [6.45, 7) is 3.73. The van der Waals surface area contributed by atoms with Crippen molar-refractivity contribution in [2.75, 3.05) is 13.1 Å². The highest BCUT2D eigenvalue weighted by atomic mass is 16.4. The third-order valence-electron chi connectivity index (χ3n) is 0.526. The molecule has 11 heavy (non-hydrogen) atoms. The van der Waals surface area contributed by atoms with E-state index >= 15 is 0 Å². The molecular weight excluding hydrogens is 150 g/mol. The lowest BCUT2D eigenvalue weighted by Crippen LogP contribution is -2.21. The van der Waals surface area contributed by atoms with E-state index in [1.54, 1.807) is 0 Å². The predicted molar refractivity (Wildman–Crippen MR) is 39.5 cm³/mol. The molecule has 0 aromatic heterocycles. The fourth-order valence-electron chi connectivity index (χ4n) is 0.232. The van der Waals surface area contributed by atoms with Crippen molar-refractivity contribution in [3.05, 3.63) is 0 Å². The number of hydrogen-bond donors (Lipinski definition) is 3. The Kier molecular flexibility index (Phi) is 10.2. The van der Waals surface area contributed by atoms with Crippen molar-refractivity contribution in [1.29, 1.82) is 0 Å². The third kappa shape index (κ3) is 50.4. The molecule has 0 fully saturated rings. The summed E-state index contributed by atoms with van der Waals surface area (Å²) in [7, 11) is 0. The number of hydrogen-bond acceptors (Lipinski definition) is 3. The second kappa shape index (κ2) is 8.90. The number of carboxylic acid groups (broad SMARTS) is 2. The van der Waals surface area contributed by atoms with Crippen LogP contribution in [0.3, 0.4) is 0 Å².